The van der Waals surface area contributed by atoms with Crippen LogP contribution in [0.5, 0.6) is 0 Å². The molecule has 1 aromatic carbocycles. The Morgan fingerprint density at radius 1 is 1.23 bits per heavy atom. The van der Waals surface area contributed by atoms with Crippen molar-refractivity contribution >= 4 is 12.0 Å². The van der Waals surface area contributed by atoms with Crippen molar-refractivity contribution in [3.8, 4) is 0 Å². The van der Waals surface area contributed by atoms with Gasteiger partial charge in [-0.2, -0.15) is 0 Å². The van der Waals surface area contributed by atoms with Crippen molar-refractivity contribution in [2.24, 2.45) is 5.92 Å². The quantitative estimate of drug-likeness (QED) is 0.930. The van der Waals surface area contributed by atoms with Crippen LogP contribution < -0.4 is 5.32 Å². The van der Waals surface area contributed by atoms with Crippen molar-refractivity contribution < 1.29 is 14.3 Å². The van der Waals surface area contributed by atoms with Gasteiger partial charge in [-0.05, 0) is 18.4 Å². The van der Waals surface area contributed by atoms with Crippen molar-refractivity contribution in [3.63, 3.8) is 0 Å². The number of nitrogens with one attached hydrogen (secondary N) is 1. The highest BCUT2D eigenvalue weighted by Gasteiger charge is 2.25. The van der Waals surface area contributed by atoms with Crippen LogP contribution in [0, 0.1) is 5.92 Å². The molecule has 0 aromatic heterocycles. The molecule has 2 rings (SSSR count). The van der Waals surface area contributed by atoms with Gasteiger partial charge in [0.25, 0.3) is 0 Å². The number of carbonyl (C=O) groups is 2. The maximum atomic E-state index is 11.9. The second-order valence-electron chi connectivity index (χ2n) is 5.96. The third kappa shape index (κ3) is 4.76. The number of hydrogen-bond acceptors (Lipinski definition) is 3. The van der Waals surface area contributed by atoms with E-state index in [0.717, 1.165) is 18.4 Å². The summed E-state index contributed by atoms with van der Waals surface area (Å²) in [7, 11) is 0. The maximum absolute atomic E-state index is 11.9. The third-order valence-corrected chi connectivity index (χ3v) is 3.84. The molecule has 1 aromatic rings. The topological polar surface area (TPSA) is 58.6 Å². The Balaban J connectivity index is 1.69. The first-order valence-corrected chi connectivity index (χ1v) is 7.82. The molecule has 120 valence electrons. The number of amides is 2. The largest absolute Gasteiger partial charge is 0.445 e. The van der Waals surface area contributed by atoms with Crippen molar-refractivity contribution in [1.82, 2.24) is 10.2 Å². The fourth-order valence-electron chi connectivity index (χ4n) is 2.54. The predicted octanol–water partition coefficient (Wildman–Crippen LogP) is 2.56. The number of carbonyl (C=O) groups excluding carboxylic acids is 2. The SMILES string of the molecule is CC(C)C(=O)N1CCC(NC(=O)OCc2ccccc2)CC1. The second-order valence-corrected chi connectivity index (χ2v) is 5.96. The van der Waals surface area contributed by atoms with Gasteiger partial charge >= 0.3 is 6.09 Å². The number of likely N-dealkylation sites (tertiary alicyclic amines) is 1. The van der Waals surface area contributed by atoms with Gasteiger partial charge in [0.1, 0.15) is 6.61 Å². The Hall–Kier alpha value is -2.04. The first-order chi connectivity index (χ1) is 10.6. The Morgan fingerprint density at radius 2 is 1.86 bits per heavy atom. The van der Waals surface area contributed by atoms with Crippen LogP contribution in [-0.2, 0) is 16.1 Å². The minimum atomic E-state index is -0.391. The molecule has 2 amide bonds. The van der Waals surface area contributed by atoms with E-state index in [1.165, 1.54) is 0 Å². The predicted molar refractivity (Wildman–Crippen MR) is 84.2 cm³/mol. The summed E-state index contributed by atoms with van der Waals surface area (Å²) in [6.07, 6.45) is 1.16. The molecule has 1 fully saturated rings. The minimum absolute atomic E-state index is 0.0281. The smallest absolute Gasteiger partial charge is 0.407 e. The number of alkyl carbamates (subject to hydrolysis) is 1. The van der Waals surface area contributed by atoms with Crippen molar-refractivity contribution in [2.45, 2.75) is 39.3 Å². The van der Waals surface area contributed by atoms with E-state index in [-0.39, 0.29) is 24.5 Å². The van der Waals surface area contributed by atoms with Crippen LogP contribution in [0.4, 0.5) is 4.79 Å². The highest BCUT2D eigenvalue weighted by molar-refractivity contribution is 5.78. The molecule has 0 unspecified atom stereocenters. The first-order valence-electron chi connectivity index (χ1n) is 7.82. The highest BCUT2D eigenvalue weighted by atomic mass is 16.5. The molecule has 1 aliphatic heterocycles. The van der Waals surface area contributed by atoms with Gasteiger partial charge in [0.05, 0.1) is 0 Å². The summed E-state index contributed by atoms with van der Waals surface area (Å²) >= 11 is 0. The fraction of sp³-hybridized carbons (Fsp3) is 0.529. The van der Waals surface area contributed by atoms with Gasteiger partial charge in [0, 0.05) is 25.0 Å². The molecule has 1 N–H and O–H groups in total. The van der Waals surface area contributed by atoms with E-state index >= 15 is 0 Å². The average Bonchev–Trinajstić information content (AvgIpc) is 2.54. The summed E-state index contributed by atoms with van der Waals surface area (Å²) in [5.41, 5.74) is 0.968. The zero-order chi connectivity index (χ0) is 15.9. The van der Waals surface area contributed by atoms with Crippen LogP contribution in [0.25, 0.3) is 0 Å². The van der Waals surface area contributed by atoms with Gasteiger partial charge in [-0.15, -0.1) is 0 Å². The van der Waals surface area contributed by atoms with E-state index in [0.29, 0.717) is 13.1 Å². The van der Waals surface area contributed by atoms with Gasteiger partial charge in [-0.3, -0.25) is 4.79 Å². The van der Waals surface area contributed by atoms with E-state index in [1.54, 1.807) is 0 Å². The number of benzene rings is 1. The Bertz CT molecular complexity index is 494. The summed E-state index contributed by atoms with van der Waals surface area (Å²) in [6, 6.07) is 9.68. The van der Waals surface area contributed by atoms with Crippen molar-refractivity contribution in [1.29, 1.82) is 0 Å². The summed E-state index contributed by atoms with van der Waals surface area (Å²) in [5.74, 6) is 0.213. The van der Waals surface area contributed by atoms with Gasteiger partial charge in [-0.1, -0.05) is 44.2 Å². The molecule has 5 heteroatoms. The lowest BCUT2D eigenvalue weighted by Crippen LogP contribution is -2.47. The van der Waals surface area contributed by atoms with Crippen molar-refractivity contribution in [2.75, 3.05) is 13.1 Å². The normalized spacial score (nSPS) is 15.7. The van der Waals surface area contributed by atoms with Gasteiger partial charge in [-0.25, -0.2) is 4.79 Å². The second kappa shape index (κ2) is 7.82. The third-order valence-electron chi connectivity index (χ3n) is 3.84. The summed E-state index contributed by atoms with van der Waals surface area (Å²) in [5, 5.41) is 2.88. The van der Waals surface area contributed by atoms with E-state index in [4.69, 9.17) is 4.74 Å². The zero-order valence-corrected chi connectivity index (χ0v) is 13.2. The number of rotatable bonds is 4. The summed E-state index contributed by atoms with van der Waals surface area (Å²) in [6.45, 7) is 5.49. The van der Waals surface area contributed by atoms with E-state index in [2.05, 4.69) is 5.32 Å². The molecule has 1 heterocycles. The molecule has 1 saturated heterocycles. The lowest BCUT2D eigenvalue weighted by molar-refractivity contribution is -0.135. The average molecular weight is 304 g/mol. The molecule has 0 bridgehead atoms. The summed E-state index contributed by atoms with van der Waals surface area (Å²) in [4.78, 5) is 25.6. The number of ether oxygens (including phenoxy) is 1. The lowest BCUT2D eigenvalue weighted by Gasteiger charge is -2.33. The molecule has 22 heavy (non-hydrogen) atoms. The number of piperidine rings is 1. The molecule has 5 nitrogen and oxygen atoms in total. The molecule has 0 spiro atoms. The van der Waals surface area contributed by atoms with Crippen LogP contribution >= 0.6 is 0 Å². The number of nitrogens with zero attached hydrogens (tertiary/aromatic N) is 1. The van der Waals surface area contributed by atoms with Crippen LogP contribution in [0.3, 0.4) is 0 Å². The molecule has 0 aliphatic carbocycles. The fourth-order valence-corrected chi connectivity index (χ4v) is 2.54. The maximum Gasteiger partial charge on any atom is 0.407 e. The molecular formula is C17H24N2O3. The van der Waals surface area contributed by atoms with E-state index < -0.39 is 6.09 Å². The van der Waals surface area contributed by atoms with Crippen molar-refractivity contribution in [3.05, 3.63) is 35.9 Å². The van der Waals surface area contributed by atoms with Crippen LogP contribution in [0.15, 0.2) is 30.3 Å². The zero-order valence-electron chi connectivity index (χ0n) is 13.2. The van der Waals surface area contributed by atoms with Crippen LogP contribution in [0.1, 0.15) is 32.3 Å². The molecule has 0 radical (unpaired) electrons. The monoisotopic (exact) mass is 304 g/mol. The lowest BCUT2D eigenvalue weighted by atomic mass is 10.0. The Labute approximate surface area is 131 Å². The molecule has 0 saturated carbocycles. The van der Waals surface area contributed by atoms with Gasteiger partial charge < -0.3 is 15.0 Å². The minimum Gasteiger partial charge on any atom is -0.445 e. The standard InChI is InChI=1S/C17H24N2O3/c1-13(2)16(20)19-10-8-15(9-11-19)18-17(21)22-12-14-6-4-3-5-7-14/h3-7,13,15H,8-12H2,1-2H3,(H,18,21). The Kier molecular flexibility index (Phi) is 5.81. The molecule has 0 atom stereocenters. The van der Waals surface area contributed by atoms with Crippen LogP contribution in [-0.4, -0.2) is 36.0 Å². The van der Waals surface area contributed by atoms with Crippen LogP contribution in [0.2, 0.25) is 0 Å². The van der Waals surface area contributed by atoms with E-state index in [1.807, 2.05) is 49.1 Å². The first kappa shape index (κ1) is 16.3. The van der Waals surface area contributed by atoms with Gasteiger partial charge in [0.2, 0.25) is 5.91 Å². The Morgan fingerprint density at radius 3 is 2.45 bits per heavy atom. The summed E-state index contributed by atoms with van der Waals surface area (Å²) < 4.78 is 5.21. The molecular weight excluding hydrogens is 280 g/mol. The van der Waals surface area contributed by atoms with E-state index in [9.17, 15) is 9.59 Å². The van der Waals surface area contributed by atoms with Gasteiger partial charge in [0.15, 0.2) is 0 Å². The molecule has 1 aliphatic rings. The number of hydrogen-bond donors (Lipinski definition) is 1. The highest BCUT2D eigenvalue weighted by Crippen LogP contribution is 2.13.